The van der Waals surface area contributed by atoms with Crippen LogP contribution in [0.3, 0.4) is 0 Å². The third-order valence-corrected chi connectivity index (χ3v) is 1.26. The van der Waals surface area contributed by atoms with Crippen LogP contribution in [0.15, 0.2) is 0 Å². The van der Waals surface area contributed by atoms with Crippen LogP contribution in [0.2, 0.25) is 0 Å². The number of carboxylic acid groups (broad SMARTS) is 1. The van der Waals surface area contributed by atoms with E-state index in [1.54, 1.807) is 0 Å². The molecule has 0 aliphatic rings. The number of aliphatic carboxylic acids is 1. The molecule has 0 aromatic rings. The lowest BCUT2D eigenvalue weighted by Gasteiger charge is -2.14. The third-order valence-electron chi connectivity index (χ3n) is 1.26. The topological polar surface area (TPSA) is 115 Å². The van der Waals surface area contributed by atoms with Crippen molar-refractivity contribution in [3.63, 3.8) is 0 Å². The minimum Gasteiger partial charge on any atom is -0.479 e. The smallest absolute Gasteiger partial charge is 0.335 e. The van der Waals surface area contributed by atoms with E-state index in [0.717, 1.165) is 0 Å². The summed E-state index contributed by atoms with van der Waals surface area (Å²) in [7, 11) is 0. The molecule has 0 amide bonds. The Morgan fingerprint density at radius 2 is 1.83 bits per heavy atom. The van der Waals surface area contributed by atoms with Gasteiger partial charge in [0.2, 0.25) is 0 Å². The number of carbonyl (C=O) groups is 2. The maximum atomic E-state index is 10.0. The van der Waals surface area contributed by atoms with Crippen molar-refractivity contribution < 1.29 is 30.0 Å². The zero-order valence-corrected chi connectivity index (χ0v) is 6.12. The molecule has 70 valence electrons. The normalized spacial score (nSPS) is 17.9. The number of carbonyl (C=O) groups excluding carboxylic acids is 1. The fourth-order valence-corrected chi connectivity index (χ4v) is 0.596. The van der Waals surface area contributed by atoms with Gasteiger partial charge in [-0.2, -0.15) is 0 Å². The fraction of sp³-hybridized carbons (Fsp3) is 0.667. The molecule has 0 heterocycles. The summed E-state index contributed by atoms with van der Waals surface area (Å²) in [6.45, 7) is 0. The minimum absolute atomic E-state index is 0.151. The van der Waals surface area contributed by atoms with Crippen molar-refractivity contribution in [1.82, 2.24) is 0 Å². The lowest BCUT2D eigenvalue weighted by atomic mass is 10.1. The second-order valence-corrected chi connectivity index (χ2v) is 2.29. The summed E-state index contributed by atoms with van der Waals surface area (Å²) in [6.07, 6.45) is -5.40. The van der Waals surface area contributed by atoms with Crippen LogP contribution in [0.5, 0.6) is 0 Å². The molecule has 0 saturated carbocycles. The number of carboxylic acids is 1. The first-order valence-corrected chi connectivity index (χ1v) is 3.21. The third kappa shape index (κ3) is 3.42. The number of hydrogen-bond donors (Lipinski definition) is 4. The van der Waals surface area contributed by atoms with Crippen LogP contribution in [0.4, 0.5) is 0 Å². The number of aliphatic hydroxyl groups is 3. The Balaban J connectivity index is 3.94. The molecule has 0 spiro atoms. The average Bonchev–Trinajstić information content (AvgIpc) is 2.02. The summed E-state index contributed by atoms with van der Waals surface area (Å²) in [5, 5.41) is 34.3. The molecule has 3 atom stereocenters. The zero-order chi connectivity index (χ0) is 9.72. The van der Waals surface area contributed by atoms with E-state index in [2.05, 4.69) is 0 Å². The molecule has 12 heavy (non-hydrogen) atoms. The fourth-order valence-electron chi connectivity index (χ4n) is 0.596. The molecule has 0 aromatic carbocycles. The molecule has 0 fully saturated rings. The second kappa shape index (κ2) is 4.81. The molecule has 0 bridgehead atoms. The van der Waals surface area contributed by atoms with Crippen LogP contribution >= 0.6 is 0 Å². The van der Waals surface area contributed by atoms with Gasteiger partial charge in [-0.05, 0) is 0 Å². The molecular formula is C6H10O6. The Labute approximate surface area is 68.1 Å². The second-order valence-electron chi connectivity index (χ2n) is 2.29. The van der Waals surface area contributed by atoms with Gasteiger partial charge in [-0.25, -0.2) is 4.79 Å². The molecule has 4 N–H and O–H groups in total. The molecule has 6 nitrogen and oxygen atoms in total. The van der Waals surface area contributed by atoms with Gasteiger partial charge in [0, 0.05) is 6.42 Å². The molecular weight excluding hydrogens is 168 g/mol. The predicted octanol–water partition coefficient (Wildman–Crippen LogP) is -2.26. The van der Waals surface area contributed by atoms with Crippen LogP contribution < -0.4 is 0 Å². The van der Waals surface area contributed by atoms with Crippen LogP contribution in [0, 0.1) is 0 Å². The standard InChI is InChI=1S/C6H10O6/c7-2-3(8)1-4(9)5(10)6(11)12/h2-5,8-10H,1H2,(H,11,12)/t3-,4+,5-/m1/s1. The van der Waals surface area contributed by atoms with E-state index in [9.17, 15) is 9.59 Å². The summed E-state index contributed by atoms with van der Waals surface area (Å²) in [5.74, 6) is -1.60. The van der Waals surface area contributed by atoms with Crippen molar-refractivity contribution in [3.05, 3.63) is 0 Å². The number of hydrogen-bond acceptors (Lipinski definition) is 5. The van der Waals surface area contributed by atoms with E-state index in [-0.39, 0.29) is 6.29 Å². The number of rotatable bonds is 5. The van der Waals surface area contributed by atoms with Crippen molar-refractivity contribution in [2.75, 3.05) is 0 Å². The Bertz CT molecular complexity index is 167. The van der Waals surface area contributed by atoms with Gasteiger partial charge in [-0.15, -0.1) is 0 Å². The highest BCUT2D eigenvalue weighted by molar-refractivity contribution is 5.72. The van der Waals surface area contributed by atoms with Crippen molar-refractivity contribution in [3.8, 4) is 0 Å². The number of aliphatic hydroxyl groups excluding tert-OH is 3. The molecule has 0 aliphatic carbocycles. The van der Waals surface area contributed by atoms with Gasteiger partial charge in [0.15, 0.2) is 6.10 Å². The first-order valence-electron chi connectivity index (χ1n) is 3.21. The van der Waals surface area contributed by atoms with Crippen LogP contribution in [0.1, 0.15) is 6.42 Å². The Hall–Kier alpha value is -0.980. The largest absolute Gasteiger partial charge is 0.479 e. The first-order chi connectivity index (χ1) is 5.49. The lowest BCUT2D eigenvalue weighted by molar-refractivity contribution is -0.154. The molecule has 0 aliphatic heterocycles. The highest BCUT2D eigenvalue weighted by Gasteiger charge is 2.25. The summed E-state index contributed by atoms with van der Waals surface area (Å²) < 4.78 is 0. The summed E-state index contributed by atoms with van der Waals surface area (Å²) in [4.78, 5) is 19.9. The molecule has 0 rings (SSSR count). The van der Waals surface area contributed by atoms with E-state index in [4.69, 9.17) is 20.4 Å². The molecule has 0 radical (unpaired) electrons. The predicted molar refractivity (Wildman–Crippen MR) is 36.3 cm³/mol. The zero-order valence-electron chi connectivity index (χ0n) is 6.12. The maximum Gasteiger partial charge on any atom is 0.335 e. The first kappa shape index (κ1) is 11.0. The van der Waals surface area contributed by atoms with Gasteiger partial charge < -0.3 is 25.2 Å². The quantitative estimate of drug-likeness (QED) is 0.353. The van der Waals surface area contributed by atoms with Crippen molar-refractivity contribution in [2.24, 2.45) is 0 Å². The maximum absolute atomic E-state index is 10.0. The van der Waals surface area contributed by atoms with Crippen molar-refractivity contribution in [1.29, 1.82) is 0 Å². The Morgan fingerprint density at radius 3 is 2.17 bits per heavy atom. The van der Waals surface area contributed by atoms with Gasteiger partial charge in [0.05, 0.1) is 6.10 Å². The van der Waals surface area contributed by atoms with E-state index in [1.807, 2.05) is 0 Å². The van der Waals surface area contributed by atoms with Crippen molar-refractivity contribution in [2.45, 2.75) is 24.7 Å². The van der Waals surface area contributed by atoms with E-state index in [1.165, 1.54) is 0 Å². The Kier molecular flexibility index (Phi) is 4.42. The van der Waals surface area contributed by atoms with Gasteiger partial charge in [-0.1, -0.05) is 0 Å². The highest BCUT2D eigenvalue weighted by Crippen LogP contribution is 2.01. The Morgan fingerprint density at radius 1 is 1.33 bits per heavy atom. The average molecular weight is 178 g/mol. The molecule has 6 heteroatoms. The summed E-state index contributed by atoms with van der Waals surface area (Å²) in [5.41, 5.74) is 0. The molecule has 0 aromatic heterocycles. The van der Waals surface area contributed by atoms with Crippen LogP contribution in [-0.4, -0.2) is 51.0 Å². The summed E-state index contributed by atoms with van der Waals surface area (Å²) >= 11 is 0. The van der Waals surface area contributed by atoms with Gasteiger partial charge in [0.1, 0.15) is 12.4 Å². The van der Waals surface area contributed by atoms with Gasteiger partial charge in [-0.3, -0.25) is 0 Å². The monoisotopic (exact) mass is 178 g/mol. The van der Waals surface area contributed by atoms with Gasteiger partial charge >= 0.3 is 5.97 Å². The van der Waals surface area contributed by atoms with E-state index in [0.29, 0.717) is 0 Å². The highest BCUT2D eigenvalue weighted by atomic mass is 16.4. The van der Waals surface area contributed by atoms with Crippen molar-refractivity contribution >= 4 is 12.3 Å². The lowest BCUT2D eigenvalue weighted by Crippen LogP contribution is -2.36. The van der Waals surface area contributed by atoms with Gasteiger partial charge in [0.25, 0.3) is 0 Å². The van der Waals surface area contributed by atoms with E-state index < -0.39 is 30.7 Å². The van der Waals surface area contributed by atoms with Crippen LogP contribution in [-0.2, 0) is 9.59 Å². The van der Waals surface area contributed by atoms with Crippen LogP contribution in [0.25, 0.3) is 0 Å². The summed E-state index contributed by atoms with van der Waals surface area (Å²) in [6, 6.07) is 0. The minimum atomic E-state index is -1.97. The molecule has 0 unspecified atom stereocenters. The molecule has 0 saturated heterocycles. The number of aldehydes is 1. The SMILES string of the molecule is O=C[C@H](O)C[C@H](O)[C@@H](O)C(=O)O. The van der Waals surface area contributed by atoms with E-state index >= 15 is 0 Å².